The van der Waals surface area contributed by atoms with Crippen LogP contribution < -0.4 is 11.4 Å². The zero-order chi connectivity index (χ0) is 37.6. The van der Waals surface area contributed by atoms with E-state index in [-0.39, 0.29) is 76.7 Å². The van der Waals surface area contributed by atoms with Crippen molar-refractivity contribution in [3.05, 3.63) is 141 Å². The number of piperidine rings is 2. The van der Waals surface area contributed by atoms with Crippen molar-refractivity contribution in [2.45, 2.75) is 38.8 Å². The molecule has 2 fully saturated rings. The van der Waals surface area contributed by atoms with Crippen molar-refractivity contribution in [2.24, 2.45) is 11.8 Å². The topological polar surface area (TPSA) is 151 Å². The zero-order valence-electron chi connectivity index (χ0n) is 31.2. The number of hydrogen-bond acceptors (Lipinski definition) is 8. The molecule has 6 heterocycles. The third kappa shape index (κ3) is 10.7. The average molecular weight is 828 g/mol. The van der Waals surface area contributed by atoms with Crippen molar-refractivity contribution >= 4 is 47.7 Å². The van der Waals surface area contributed by atoms with E-state index in [0.717, 1.165) is 65.0 Å². The second kappa shape index (κ2) is 20.4. The molecule has 13 nitrogen and oxygen atoms in total. The molecule has 17 heteroatoms. The second-order valence-corrected chi connectivity index (χ2v) is 13.8. The molecular formula is C40H46Cl2F2N8O5. The summed E-state index contributed by atoms with van der Waals surface area (Å²) in [5, 5.41) is 8.68. The number of Topliss-reactive ketones (excluding diaryl/α,β-unsaturated/α-hetero) is 2. The second-order valence-electron chi connectivity index (χ2n) is 13.8. The zero-order valence-corrected chi connectivity index (χ0v) is 32.8. The van der Waals surface area contributed by atoms with Gasteiger partial charge in [0.05, 0.1) is 13.1 Å². The van der Waals surface area contributed by atoms with Crippen LogP contribution in [0.2, 0.25) is 0 Å². The molecule has 8 rings (SSSR count). The molecule has 0 atom stereocenters. The summed E-state index contributed by atoms with van der Waals surface area (Å²) in [6, 6.07) is 22.5. The first-order valence-electron chi connectivity index (χ1n) is 18.4. The van der Waals surface area contributed by atoms with E-state index in [1.807, 2.05) is 36.4 Å². The minimum absolute atomic E-state index is 0. The van der Waals surface area contributed by atoms with Crippen LogP contribution in [0.1, 0.15) is 46.4 Å². The summed E-state index contributed by atoms with van der Waals surface area (Å²) in [5.74, 6) is -0.529. The summed E-state index contributed by atoms with van der Waals surface area (Å²) in [7, 11) is 0. The lowest BCUT2D eigenvalue weighted by Crippen LogP contribution is -2.39. The Labute approximate surface area is 339 Å². The molecule has 2 aliphatic rings. The van der Waals surface area contributed by atoms with Gasteiger partial charge in [-0.25, -0.2) is 27.7 Å². The van der Waals surface area contributed by atoms with E-state index < -0.39 is 0 Å². The Hall–Kier alpha value is -5.06. The Morgan fingerprint density at radius 1 is 0.544 bits per heavy atom. The number of rotatable bonds is 10. The number of carbonyl (C=O) groups is 2. The minimum atomic E-state index is -0.330. The Kier molecular flexibility index (Phi) is 16.0. The first-order chi connectivity index (χ1) is 26.2. The van der Waals surface area contributed by atoms with Gasteiger partial charge in [-0.05, 0) is 125 Å². The lowest BCUT2D eigenvalue weighted by Gasteiger charge is -2.31. The first-order valence-corrected chi connectivity index (χ1v) is 18.4. The minimum Gasteiger partial charge on any atom is -0.412 e. The standard InChI is InChI=1S/2C20H21FN4O2.2ClH.H2O/c2*21-17-6-4-15(5-7-17)19(26)16-8-11-23(12-9-16)13-14-25-20(27)24-10-2-1-3-18(24)22-25;;;/h2*1-7,10,16H,8-9,11-14H2;2*1H;1H2. The smallest absolute Gasteiger partial charge is 0.350 e. The number of aromatic nitrogens is 6. The van der Waals surface area contributed by atoms with Crippen LogP contribution >= 0.6 is 24.8 Å². The highest BCUT2D eigenvalue weighted by Crippen LogP contribution is 2.23. The van der Waals surface area contributed by atoms with Crippen molar-refractivity contribution in [1.82, 2.24) is 38.2 Å². The van der Waals surface area contributed by atoms with Gasteiger partial charge in [-0.2, -0.15) is 0 Å². The van der Waals surface area contributed by atoms with E-state index in [1.165, 1.54) is 42.4 Å². The summed E-state index contributed by atoms with van der Waals surface area (Å²) < 4.78 is 32.1. The fraction of sp³-hybridized carbons (Fsp3) is 0.350. The number of benzene rings is 2. The number of hydrogen-bond donors (Lipinski definition) is 0. The van der Waals surface area contributed by atoms with Crippen LogP contribution in [-0.4, -0.2) is 94.5 Å². The van der Waals surface area contributed by atoms with Crippen LogP contribution in [0, 0.1) is 23.5 Å². The van der Waals surface area contributed by atoms with Gasteiger partial charge in [-0.1, -0.05) is 12.1 Å². The molecule has 0 amide bonds. The maximum absolute atomic E-state index is 13.0. The van der Waals surface area contributed by atoms with E-state index in [2.05, 4.69) is 20.0 Å². The third-order valence-electron chi connectivity index (χ3n) is 10.4. The largest absolute Gasteiger partial charge is 0.412 e. The van der Waals surface area contributed by atoms with Crippen LogP contribution in [-0.2, 0) is 13.1 Å². The number of fused-ring (bicyclic) bond motifs is 2. The first kappa shape index (κ1) is 44.7. The lowest BCUT2D eigenvalue weighted by atomic mass is 9.89. The molecule has 2 saturated heterocycles. The molecule has 0 radical (unpaired) electrons. The normalized spacial score (nSPS) is 15.2. The molecule has 0 spiro atoms. The van der Waals surface area contributed by atoms with E-state index in [1.54, 1.807) is 36.7 Å². The highest BCUT2D eigenvalue weighted by atomic mass is 35.5. The number of halogens is 4. The number of pyridine rings is 2. The monoisotopic (exact) mass is 826 g/mol. The Morgan fingerprint density at radius 2 is 0.895 bits per heavy atom. The molecule has 0 bridgehead atoms. The van der Waals surface area contributed by atoms with Crippen LogP contribution in [0.15, 0.2) is 107 Å². The molecule has 0 unspecified atom stereocenters. The van der Waals surface area contributed by atoms with Gasteiger partial charge in [0, 0.05) is 48.4 Å². The molecular weight excluding hydrogens is 781 g/mol. The predicted octanol–water partition coefficient (Wildman–Crippen LogP) is 4.48. The summed E-state index contributed by atoms with van der Waals surface area (Å²) in [6.07, 6.45) is 6.53. The maximum atomic E-state index is 13.0. The molecule has 0 aliphatic carbocycles. The molecule has 304 valence electrons. The van der Waals surface area contributed by atoms with Crippen LogP contribution in [0.3, 0.4) is 0 Å². The molecule has 0 saturated carbocycles. The highest BCUT2D eigenvalue weighted by Gasteiger charge is 2.27. The van der Waals surface area contributed by atoms with Crippen molar-refractivity contribution < 1.29 is 23.8 Å². The third-order valence-corrected chi connectivity index (χ3v) is 10.4. The van der Waals surface area contributed by atoms with E-state index in [9.17, 15) is 28.0 Å². The summed E-state index contributed by atoms with van der Waals surface area (Å²) >= 11 is 0. The van der Waals surface area contributed by atoms with E-state index in [4.69, 9.17) is 0 Å². The molecule has 2 N–H and O–H groups in total. The van der Waals surface area contributed by atoms with Crippen LogP contribution in [0.25, 0.3) is 11.3 Å². The van der Waals surface area contributed by atoms with Gasteiger partial charge in [-0.15, -0.1) is 35.0 Å². The lowest BCUT2D eigenvalue weighted by molar-refractivity contribution is 0.0829. The maximum Gasteiger partial charge on any atom is 0.350 e. The van der Waals surface area contributed by atoms with E-state index in [0.29, 0.717) is 35.5 Å². The SMILES string of the molecule is Cl.Cl.O.O=C(c1ccc(F)cc1)C1CCN(CCn2nc3ccccn3c2=O)CC1.O=C(c1ccc(F)cc1)C1CCN(CCn2nc3ccccn3c2=O)CC1. The predicted molar refractivity (Wildman–Crippen MR) is 217 cm³/mol. The van der Waals surface area contributed by atoms with Gasteiger partial charge >= 0.3 is 11.4 Å². The number of ketones is 2. The summed E-state index contributed by atoms with van der Waals surface area (Å²) in [6.45, 7) is 5.72. The average Bonchev–Trinajstić information content (AvgIpc) is 3.71. The molecule has 2 aromatic carbocycles. The summed E-state index contributed by atoms with van der Waals surface area (Å²) in [5.41, 5.74) is 2.17. The molecule has 6 aromatic rings. The van der Waals surface area contributed by atoms with Crippen molar-refractivity contribution in [2.75, 3.05) is 39.3 Å². The fourth-order valence-electron chi connectivity index (χ4n) is 7.24. The highest BCUT2D eigenvalue weighted by molar-refractivity contribution is 5.98. The van der Waals surface area contributed by atoms with Gasteiger partial charge in [-0.3, -0.25) is 18.4 Å². The van der Waals surface area contributed by atoms with Crippen molar-refractivity contribution in [3.63, 3.8) is 0 Å². The van der Waals surface area contributed by atoms with Gasteiger partial charge < -0.3 is 15.3 Å². The van der Waals surface area contributed by atoms with Gasteiger partial charge in [0.2, 0.25) is 0 Å². The quantitative estimate of drug-likeness (QED) is 0.184. The Balaban J connectivity index is 0.000000240. The Morgan fingerprint density at radius 3 is 1.23 bits per heavy atom. The molecule has 4 aromatic heterocycles. The van der Waals surface area contributed by atoms with Gasteiger partial charge in [0.15, 0.2) is 22.9 Å². The van der Waals surface area contributed by atoms with Crippen molar-refractivity contribution in [3.8, 4) is 0 Å². The number of likely N-dealkylation sites (tertiary alicyclic amines) is 2. The van der Waals surface area contributed by atoms with Gasteiger partial charge in [0.25, 0.3) is 0 Å². The van der Waals surface area contributed by atoms with Crippen LogP contribution in [0.4, 0.5) is 8.78 Å². The fourth-order valence-corrected chi connectivity index (χ4v) is 7.24. The van der Waals surface area contributed by atoms with Gasteiger partial charge in [0.1, 0.15) is 11.6 Å². The summed E-state index contributed by atoms with van der Waals surface area (Å²) in [4.78, 5) is 54.2. The van der Waals surface area contributed by atoms with Crippen LogP contribution in [0.5, 0.6) is 0 Å². The number of carbonyl (C=O) groups excluding carboxylic acids is 2. The van der Waals surface area contributed by atoms with Crippen molar-refractivity contribution in [1.29, 1.82) is 0 Å². The van der Waals surface area contributed by atoms with E-state index >= 15 is 0 Å². The molecule has 57 heavy (non-hydrogen) atoms. The Bertz CT molecular complexity index is 2180. The molecule has 2 aliphatic heterocycles. The number of nitrogens with zero attached hydrogens (tertiary/aromatic N) is 8.